The van der Waals surface area contributed by atoms with Crippen LogP contribution in [0.4, 0.5) is 4.39 Å². The highest BCUT2D eigenvalue weighted by molar-refractivity contribution is 5.85. The van der Waals surface area contributed by atoms with Gasteiger partial charge in [0, 0.05) is 6.07 Å². The monoisotopic (exact) mass is 280 g/mol. The lowest BCUT2D eigenvalue weighted by molar-refractivity contribution is -0.124. The summed E-state index contributed by atoms with van der Waals surface area (Å²) in [4.78, 5) is 11.5. The Balaban J connectivity index is 1.89. The van der Waals surface area contributed by atoms with Crippen LogP contribution >= 0.6 is 0 Å². The molecule has 2 rings (SSSR count). The van der Waals surface area contributed by atoms with Crippen molar-refractivity contribution in [3.05, 3.63) is 29.6 Å². The maximum absolute atomic E-state index is 13.4. The highest BCUT2D eigenvalue weighted by atomic mass is 19.1. The largest absolute Gasteiger partial charge is 0.493 e. The Hall–Kier alpha value is -1.62. The Labute approximate surface area is 118 Å². The third kappa shape index (κ3) is 2.93. The van der Waals surface area contributed by atoms with Crippen LogP contribution in [-0.4, -0.2) is 18.1 Å². The van der Waals surface area contributed by atoms with Gasteiger partial charge in [0.25, 0.3) is 0 Å². The van der Waals surface area contributed by atoms with Gasteiger partial charge in [-0.15, -0.1) is 0 Å². The molecule has 1 aliphatic carbocycles. The van der Waals surface area contributed by atoms with Crippen LogP contribution in [0.2, 0.25) is 0 Å². The van der Waals surface area contributed by atoms with Crippen molar-refractivity contribution in [3.63, 3.8) is 0 Å². The molecule has 4 N–H and O–H groups in total. The summed E-state index contributed by atoms with van der Waals surface area (Å²) in [5, 5.41) is 0. The predicted molar refractivity (Wildman–Crippen MR) is 74.7 cm³/mol. The zero-order valence-electron chi connectivity index (χ0n) is 11.7. The predicted octanol–water partition coefficient (Wildman–Crippen LogP) is 1.89. The number of amides is 1. The summed E-state index contributed by atoms with van der Waals surface area (Å²) >= 11 is 0. The Bertz CT molecular complexity index is 507. The average Bonchev–Trinajstić information content (AvgIpc) is 2.77. The molecule has 1 amide bonds. The first-order valence-corrected chi connectivity index (χ1v) is 6.91. The van der Waals surface area contributed by atoms with Crippen LogP contribution in [0, 0.1) is 18.7 Å². The number of nitrogens with two attached hydrogens (primary N) is 2. The zero-order chi connectivity index (χ0) is 14.8. The van der Waals surface area contributed by atoms with Gasteiger partial charge in [-0.3, -0.25) is 4.79 Å². The van der Waals surface area contributed by atoms with Crippen LogP contribution in [0.5, 0.6) is 5.75 Å². The van der Waals surface area contributed by atoms with Crippen molar-refractivity contribution < 1.29 is 13.9 Å². The van der Waals surface area contributed by atoms with E-state index in [1.165, 1.54) is 6.07 Å². The minimum absolute atomic E-state index is 0.0373. The fourth-order valence-electron chi connectivity index (χ4n) is 2.81. The van der Waals surface area contributed by atoms with Crippen LogP contribution in [-0.2, 0) is 4.79 Å². The first-order valence-electron chi connectivity index (χ1n) is 6.91. The number of hydrogen-bond donors (Lipinski definition) is 2. The molecule has 0 bridgehead atoms. The molecule has 1 fully saturated rings. The molecule has 110 valence electrons. The molecular formula is C15H21FN2O2. The Morgan fingerprint density at radius 1 is 1.55 bits per heavy atom. The van der Waals surface area contributed by atoms with Crippen LogP contribution in [0.1, 0.15) is 31.2 Å². The van der Waals surface area contributed by atoms with Crippen molar-refractivity contribution in [3.8, 4) is 5.75 Å². The molecule has 0 aliphatic heterocycles. The number of aryl methyl sites for hydroxylation is 1. The molecule has 20 heavy (non-hydrogen) atoms. The summed E-state index contributed by atoms with van der Waals surface area (Å²) in [6.07, 6.45) is 3.06. The van der Waals surface area contributed by atoms with Gasteiger partial charge in [-0.05, 0) is 43.7 Å². The van der Waals surface area contributed by atoms with Crippen LogP contribution in [0.15, 0.2) is 18.2 Å². The van der Waals surface area contributed by atoms with Gasteiger partial charge >= 0.3 is 0 Å². The van der Waals surface area contributed by atoms with Crippen molar-refractivity contribution >= 4 is 5.91 Å². The fourth-order valence-corrected chi connectivity index (χ4v) is 2.81. The minimum Gasteiger partial charge on any atom is -0.493 e. The molecular weight excluding hydrogens is 259 g/mol. The maximum Gasteiger partial charge on any atom is 0.237 e. The number of benzene rings is 1. The van der Waals surface area contributed by atoms with Gasteiger partial charge in [0.15, 0.2) is 0 Å². The van der Waals surface area contributed by atoms with E-state index in [2.05, 4.69) is 0 Å². The first kappa shape index (κ1) is 14.8. The summed E-state index contributed by atoms with van der Waals surface area (Å²) in [6, 6.07) is 4.78. The minimum atomic E-state index is -0.915. The highest BCUT2D eigenvalue weighted by Crippen LogP contribution is 2.35. The number of carbonyl (C=O) groups is 1. The van der Waals surface area contributed by atoms with E-state index in [1.807, 2.05) is 0 Å². The second kappa shape index (κ2) is 5.79. The third-order valence-electron chi connectivity index (χ3n) is 4.21. The van der Waals surface area contributed by atoms with E-state index >= 15 is 0 Å². The number of rotatable bonds is 5. The van der Waals surface area contributed by atoms with E-state index in [1.54, 1.807) is 19.1 Å². The van der Waals surface area contributed by atoms with Crippen LogP contribution in [0.3, 0.4) is 0 Å². The fraction of sp³-hybridized carbons (Fsp3) is 0.533. The lowest BCUT2D eigenvalue weighted by Gasteiger charge is -2.27. The molecule has 1 aliphatic rings. The molecule has 0 radical (unpaired) electrons. The Kier molecular flexibility index (Phi) is 4.28. The number of primary amides is 1. The van der Waals surface area contributed by atoms with Crippen molar-refractivity contribution in [1.29, 1.82) is 0 Å². The molecule has 0 saturated heterocycles. The molecule has 0 aromatic heterocycles. The van der Waals surface area contributed by atoms with E-state index in [-0.39, 0.29) is 11.7 Å². The number of carbonyl (C=O) groups excluding carboxylic acids is 1. The molecule has 5 heteroatoms. The van der Waals surface area contributed by atoms with E-state index in [0.29, 0.717) is 30.8 Å². The Morgan fingerprint density at radius 2 is 2.30 bits per heavy atom. The lowest BCUT2D eigenvalue weighted by Crippen LogP contribution is -2.54. The van der Waals surface area contributed by atoms with Crippen molar-refractivity contribution in [2.75, 3.05) is 6.61 Å². The van der Waals surface area contributed by atoms with Crippen LogP contribution in [0.25, 0.3) is 0 Å². The molecule has 2 atom stereocenters. The molecule has 4 nitrogen and oxygen atoms in total. The highest BCUT2D eigenvalue weighted by Gasteiger charge is 2.43. The standard InChI is InChI=1S/C15H21FN2O2/c1-10-4-5-12(9-13(10)16)20-8-6-11-3-2-7-15(11,18)14(17)19/h4-5,9,11H,2-3,6-8,18H2,1H3,(H2,17,19). The number of hydrogen-bond acceptors (Lipinski definition) is 3. The maximum atomic E-state index is 13.4. The number of halogens is 1. The summed E-state index contributed by atoms with van der Waals surface area (Å²) in [7, 11) is 0. The van der Waals surface area contributed by atoms with Gasteiger partial charge in [0.1, 0.15) is 11.6 Å². The van der Waals surface area contributed by atoms with Gasteiger partial charge < -0.3 is 16.2 Å². The lowest BCUT2D eigenvalue weighted by atomic mass is 9.85. The zero-order valence-corrected chi connectivity index (χ0v) is 11.7. The quantitative estimate of drug-likeness (QED) is 0.864. The molecule has 1 aromatic carbocycles. The summed E-state index contributed by atoms with van der Waals surface area (Å²) in [5.74, 6) is -0.196. The van der Waals surface area contributed by atoms with Gasteiger partial charge in [-0.25, -0.2) is 4.39 Å². The second-order valence-corrected chi connectivity index (χ2v) is 5.54. The van der Waals surface area contributed by atoms with E-state index in [9.17, 15) is 9.18 Å². The van der Waals surface area contributed by atoms with Crippen LogP contribution < -0.4 is 16.2 Å². The van der Waals surface area contributed by atoms with Crippen molar-refractivity contribution in [1.82, 2.24) is 0 Å². The molecule has 0 spiro atoms. The second-order valence-electron chi connectivity index (χ2n) is 5.54. The summed E-state index contributed by atoms with van der Waals surface area (Å²) in [6.45, 7) is 2.10. The summed E-state index contributed by atoms with van der Waals surface area (Å²) < 4.78 is 18.9. The third-order valence-corrected chi connectivity index (χ3v) is 4.21. The molecule has 0 heterocycles. The van der Waals surface area contributed by atoms with Gasteiger partial charge in [-0.2, -0.15) is 0 Å². The molecule has 2 unspecified atom stereocenters. The normalized spacial score (nSPS) is 25.6. The van der Waals surface area contributed by atoms with Crippen molar-refractivity contribution in [2.45, 2.75) is 38.1 Å². The molecule has 1 aromatic rings. The average molecular weight is 280 g/mol. The topological polar surface area (TPSA) is 78.3 Å². The summed E-state index contributed by atoms with van der Waals surface area (Å²) in [5.41, 5.74) is 11.1. The van der Waals surface area contributed by atoms with E-state index < -0.39 is 11.4 Å². The van der Waals surface area contributed by atoms with Gasteiger partial charge in [-0.1, -0.05) is 12.5 Å². The number of ether oxygens (including phenoxy) is 1. The molecule has 1 saturated carbocycles. The Morgan fingerprint density at radius 3 is 2.95 bits per heavy atom. The SMILES string of the molecule is Cc1ccc(OCCC2CCCC2(N)C(N)=O)cc1F. The van der Waals surface area contributed by atoms with Crippen molar-refractivity contribution in [2.24, 2.45) is 17.4 Å². The van der Waals surface area contributed by atoms with E-state index in [4.69, 9.17) is 16.2 Å². The smallest absolute Gasteiger partial charge is 0.237 e. The van der Waals surface area contributed by atoms with Gasteiger partial charge in [0.2, 0.25) is 5.91 Å². The van der Waals surface area contributed by atoms with E-state index in [0.717, 1.165) is 12.8 Å². The first-order chi connectivity index (χ1) is 9.43. The van der Waals surface area contributed by atoms with Gasteiger partial charge in [0.05, 0.1) is 12.1 Å².